The largest absolute Gasteiger partial charge is 0.461 e. The molecule has 0 heterocycles. The van der Waals surface area contributed by atoms with E-state index < -0.39 is 24.2 Å². The molecule has 1 rings (SSSR count). The molecule has 3 nitrogen and oxygen atoms in total. The summed E-state index contributed by atoms with van der Waals surface area (Å²) in [6.45, 7) is 0. The number of carbonyl (C=O) groups is 1. The first kappa shape index (κ1) is 15.0. The zero-order valence-corrected chi connectivity index (χ0v) is 9.65. The maximum Gasteiger partial charge on any atom is 0.461 e. The first-order valence-corrected chi connectivity index (χ1v) is 5.21. The quantitative estimate of drug-likeness (QED) is 0.813. The van der Waals surface area contributed by atoms with Crippen molar-refractivity contribution in [2.24, 2.45) is 5.73 Å². The van der Waals surface area contributed by atoms with Gasteiger partial charge in [0.15, 0.2) is 0 Å². The minimum atomic E-state index is -4.55. The predicted molar refractivity (Wildman–Crippen MR) is 60.9 cm³/mol. The molecule has 0 aliphatic heterocycles. The Kier molecular flexibility index (Phi) is 4.91. The molecule has 0 aromatic heterocycles. The highest BCUT2D eigenvalue weighted by atomic mass is 19.3. The Labute approximate surface area is 106 Å². The van der Waals surface area contributed by atoms with Crippen LogP contribution in [0.1, 0.15) is 12.0 Å². The van der Waals surface area contributed by atoms with Crippen LogP contribution in [0.4, 0.5) is 17.6 Å². The SMILES string of the molecule is NC(=O)CC=Cc1cccc(OC(F)(F)C(F)F)c1. The van der Waals surface area contributed by atoms with Crippen LogP contribution in [0.5, 0.6) is 5.75 Å². The van der Waals surface area contributed by atoms with E-state index in [1.54, 1.807) is 0 Å². The minimum absolute atomic E-state index is 0.0156. The normalized spacial score (nSPS) is 12.1. The molecule has 0 atom stereocenters. The molecule has 1 amide bonds. The van der Waals surface area contributed by atoms with Crippen LogP contribution in [-0.2, 0) is 4.79 Å². The molecule has 0 radical (unpaired) electrons. The number of hydrogen-bond acceptors (Lipinski definition) is 2. The summed E-state index contributed by atoms with van der Waals surface area (Å²) in [4.78, 5) is 10.5. The van der Waals surface area contributed by atoms with Crippen molar-refractivity contribution in [2.45, 2.75) is 19.0 Å². The fourth-order valence-electron chi connectivity index (χ4n) is 1.19. The van der Waals surface area contributed by atoms with Crippen molar-refractivity contribution in [2.75, 3.05) is 0 Å². The van der Waals surface area contributed by atoms with Crippen LogP contribution in [0.25, 0.3) is 6.08 Å². The predicted octanol–water partition coefficient (Wildman–Crippen LogP) is 2.81. The van der Waals surface area contributed by atoms with Gasteiger partial charge in [0.2, 0.25) is 5.91 Å². The van der Waals surface area contributed by atoms with Gasteiger partial charge in [0.1, 0.15) is 5.75 Å². The smallest absolute Gasteiger partial charge is 0.428 e. The van der Waals surface area contributed by atoms with Crippen LogP contribution < -0.4 is 10.5 Å². The van der Waals surface area contributed by atoms with Crippen LogP contribution in [0.15, 0.2) is 30.3 Å². The van der Waals surface area contributed by atoms with E-state index in [0.717, 1.165) is 12.1 Å². The molecule has 0 unspecified atom stereocenters. The van der Waals surface area contributed by atoms with Gasteiger partial charge in [-0.25, -0.2) is 0 Å². The average Bonchev–Trinajstić information content (AvgIpc) is 2.28. The number of halogens is 4. The molecule has 0 aliphatic rings. The van der Waals surface area contributed by atoms with Gasteiger partial charge in [-0.1, -0.05) is 24.3 Å². The van der Waals surface area contributed by atoms with Gasteiger partial charge in [0.05, 0.1) is 0 Å². The minimum Gasteiger partial charge on any atom is -0.428 e. The summed E-state index contributed by atoms with van der Waals surface area (Å²) in [5.41, 5.74) is 5.33. The topological polar surface area (TPSA) is 52.3 Å². The highest BCUT2D eigenvalue weighted by Crippen LogP contribution is 2.28. The molecule has 2 N–H and O–H groups in total. The molecule has 1 aromatic carbocycles. The van der Waals surface area contributed by atoms with Gasteiger partial charge >= 0.3 is 12.5 Å². The lowest BCUT2D eigenvalue weighted by atomic mass is 10.2. The number of alkyl halides is 4. The third-order valence-electron chi connectivity index (χ3n) is 2.00. The van der Waals surface area contributed by atoms with Gasteiger partial charge in [0, 0.05) is 6.42 Å². The van der Waals surface area contributed by atoms with Gasteiger partial charge < -0.3 is 10.5 Å². The Morgan fingerprint density at radius 2 is 2.11 bits per heavy atom. The fraction of sp³-hybridized carbons (Fsp3) is 0.250. The molecule has 7 heteroatoms. The van der Waals surface area contributed by atoms with E-state index in [-0.39, 0.29) is 6.42 Å². The van der Waals surface area contributed by atoms with Crippen molar-refractivity contribution >= 4 is 12.0 Å². The fourth-order valence-corrected chi connectivity index (χ4v) is 1.19. The van der Waals surface area contributed by atoms with Crippen molar-refractivity contribution < 1.29 is 27.1 Å². The van der Waals surface area contributed by atoms with Crippen molar-refractivity contribution in [3.8, 4) is 5.75 Å². The van der Waals surface area contributed by atoms with Crippen molar-refractivity contribution in [1.29, 1.82) is 0 Å². The maximum absolute atomic E-state index is 12.7. The van der Waals surface area contributed by atoms with Gasteiger partial charge in [0.25, 0.3) is 0 Å². The molecule has 0 fully saturated rings. The molecule has 0 aliphatic carbocycles. The number of carbonyl (C=O) groups excluding carboxylic acids is 1. The lowest BCUT2D eigenvalue weighted by Crippen LogP contribution is -2.33. The summed E-state index contributed by atoms with van der Waals surface area (Å²) < 4.78 is 53.2. The molecular weight excluding hydrogens is 266 g/mol. The molecule has 19 heavy (non-hydrogen) atoms. The molecule has 0 spiro atoms. The van der Waals surface area contributed by atoms with E-state index in [4.69, 9.17) is 5.73 Å². The molecule has 0 saturated heterocycles. The Hall–Kier alpha value is -2.05. The van der Waals surface area contributed by atoms with E-state index in [9.17, 15) is 22.4 Å². The van der Waals surface area contributed by atoms with E-state index in [2.05, 4.69) is 4.74 Å². The second-order valence-electron chi connectivity index (χ2n) is 3.61. The second-order valence-corrected chi connectivity index (χ2v) is 3.61. The molecule has 104 valence electrons. The summed E-state index contributed by atoms with van der Waals surface area (Å²) in [6.07, 6.45) is -5.61. The highest BCUT2D eigenvalue weighted by Gasteiger charge is 2.43. The number of nitrogens with two attached hydrogens (primary N) is 1. The first-order valence-electron chi connectivity index (χ1n) is 5.21. The van der Waals surface area contributed by atoms with Crippen molar-refractivity contribution in [3.05, 3.63) is 35.9 Å². The third kappa shape index (κ3) is 4.99. The van der Waals surface area contributed by atoms with Gasteiger partial charge in [-0.2, -0.15) is 17.6 Å². The van der Waals surface area contributed by atoms with Gasteiger partial charge in [-0.15, -0.1) is 0 Å². The lowest BCUT2D eigenvalue weighted by Gasteiger charge is -2.16. The standard InChI is InChI=1S/C12H11F4NO2/c13-11(14)12(15,16)19-9-5-1-3-8(7-9)4-2-6-10(17)18/h1-5,7,11H,6H2,(H2,17,18). The van der Waals surface area contributed by atoms with Crippen LogP contribution in [0.2, 0.25) is 0 Å². The number of amides is 1. The third-order valence-corrected chi connectivity index (χ3v) is 2.00. The molecule has 1 aromatic rings. The second kappa shape index (κ2) is 6.21. The van der Waals surface area contributed by atoms with Crippen molar-refractivity contribution in [1.82, 2.24) is 0 Å². The van der Waals surface area contributed by atoms with Crippen LogP contribution in [0.3, 0.4) is 0 Å². The number of primary amides is 1. The molecule has 0 bridgehead atoms. The molecule has 0 saturated carbocycles. The number of ether oxygens (including phenoxy) is 1. The Morgan fingerprint density at radius 3 is 2.68 bits per heavy atom. The number of hydrogen-bond donors (Lipinski definition) is 1. The van der Waals surface area contributed by atoms with Gasteiger partial charge in [-0.05, 0) is 17.7 Å². The molecular formula is C12H11F4NO2. The zero-order chi connectivity index (χ0) is 14.5. The Balaban J connectivity index is 2.77. The summed E-state index contributed by atoms with van der Waals surface area (Å²) in [7, 11) is 0. The van der Waals surface area contributed by atoms with Gasteiger partial charge in [-0.3, -0.25) is 4.79 Å². The Bertz CT molecular complexity index is 475. The van der Waals surface area contributed by atoms with E-state index in [1.165, 1.54) is 24.3 Å². The number of rotatable bonds is 6. The Morgan fingerprint density at radius 1 is 1.42 bits per heavy atom. The summed E-state index contributed by atoms with van der Waals surface area (Å²) in [5.74, 6) is -0.945. The van der Waals surface area contributed by atoms with E-state index in [0.29, 0.717) is 5.56 Å². The monoisotopic (exact) mass is 277 g/mol. The lowest BCUT2D eigenvalue weighted by molar-refractivity contribution is -0.253. The van der Waals surface area contributed by atoms with E-state index >= 15 is 0 Å². The number of benzene rings is 1. The zero-order valence-electron chi connectivity index (χ0n) is 9.65. The van der Waals surface area contributed by atoms with E-state index in [1.807, 2.05) is 0 Å². The van der Waals surface area contributed by atoms with Crippen molar-refractivity contribution in [3.63, 3.8) is 0 Å². The summed E-state index contributed by atoms with van der Waals surface area (Å²) in [5, 5.41) is 0. The van der Waals surface area contributed by atoms with Crippen LogP contribution >= 0.6 is 0 Å². The summed E-state index contributed by atoms with van der Waals surface area (Å²) >= 11 is 0. The van der Waals surface area contributed by atoms with Crippen LogP contribution in [0, 0.1) is 0 Å². The van der Waals surface area contributed by atoms with Crippen LogP contribution in [-0.4, -0.2) is 18.4 Å². The highest BCUT2D eigenvalue weighted by molar-refractivity contribution is 5.76. The average molecular weight is 277 g/mol. The first-order chi connectivity index (χ1) is 8.81. The maximum atomic E-state index is 12.7. The summed E-state index contributed by atoms with van der Waals surface area (Å²) in [6, 6.07) is 5.17.